The van der Waals surface area contributed by atoms with E-state index in [1.54, 1.807) is 0 Å². The first-order valence-corrected chi connectivity index (χ1v) is 10.6. The van der Waals surface area contributed by atoms with Crippen LogP contribution in [0.2, 0.25) is 0 Å². The lowest BCUT2D eigenvalue weighted by molar-refractivity contribution is -0.137. The molecule has 0 radical (unpaired) electrons. The van der Waals surface area contributed by atoms with Crippen molar-refractivity contribution in [2.24, 2.45) is 0 Å². The highest BCUT2D eigenvalue weighted by atomic mass is 16.5. The number of ether oxygens (including phenoxy) is 1. The van der Waals surface area contributed by atoms with Crippen LogP contribution in [-0.2, 0) is 16.1 Å². The first-order valence-electron chi connectivity index (χ1n) is 10.6. The molecule has 3 aromatic rings. The van der Waals surface area contributed by atoms with Crippen LogP contribution >= 0.6 is 0 Å². The van der Waals surface area contributed by atoms with E-state index in [0.717, 1.165) is 22.4 Å². The predicted molar refractivity (Wildman–Crippen MR) is 125 cm³/mol. The Bertz CT molecular complexity index is 1020. The van der Waals surface area contributed by atoms with Crippen molar-refractivity contribution in [1.29, 1.82) is 0 Å². The molecule has 1 amide bonds. The highest BCUT2D eigenvalue weighted by molar-refractivity contribution is 5.91. The summed E-state index contributed by atoms with van der Waals surface area (Å²) in [6, 6.07) is 24.7. The second-order valence-corrected chi connectivity index (χ2v) is 7.65. The monoisotopic (exact) mass is 432 g/mol. The summed E-state index contributed by atoms with van der Waals surface area (Å²) in [6.07, 6.45) is 0.0499. The molecule has 0 aliphatic heterocycles. The van der Waals surface area contributed by atoms with Crippen LogP contribution in [0.25, 0.3) is 0 Å². The van der Waals surface area contributed by atoms with Crippen molar-refractivity contribution in [3.63, 3.8) is 0 Å². The molecule has 3 rings (SSSR count). The number of carbonyl (C=O) groups is 2. The van der Waals surface area contributed by atoms with Gasteiger partial charge in [0.1, 0.15) is 5.75 Å². The molecule has 0 saturated carbocycles. The van der Waals surface area contributed by atoms with Crippen LogP contribution in [0.15, 0.2) is 78.9 Å². The van der Waals surface area contributed by atoms with Gasteiger partial charge in [-0.3, -0.25) is 9.59 Å². The van der Waals surface area contributed by atoms with Crippen molar-refractivity contribution < 1.29 is 19.4 Å². The fourth-order valence-corrected chi connectivity index (χ4v) is 3.39. The Morgan fingerprint density at radius 2 is 1.62 bits per heavy atom. The Morgan fingerprint density at radius 1 is 0.938 bits per heavy atom. The number of carboxylic acid groups (broad SMARTS) is 1. The van der Waals surface area contributed by atoms with E-state index in [9.17, 15) is 14.7 Å². The van der Waals surface area contributed by atoms with E-state index in [4.69, 9.17) is 4.74 Å². The lowest BCUT2D eigenvalue weighted by Crippen LogP contribution is -2.24. The van der Waals surface area contributed by atoms with E-state index in [1.165, 1.54) is 0 Å². The van der Waals surface area contributed by atoms with Crippen LogP contribution in [-0.4, -0.2) is 30.1 Å². The molecule has 0 spiro atoms. The van der Waals surface area contributed by atoms with Crippen molar-refractivity contribution in [3.05, 3.63) is 95.6 Å². The number of amides is 1. The molecule has 6 nitrogen and oxygen atoms in total. The first-order chi connectivity index (χ1) is 15.5. The Balaban J connectivity index is 1.54. The van der Waals surface area contributed by atoms with Crippen LogP contribution in [0.1, 0.15) is 29.0 Å². The Hall–Kier alpha value is -3.64. The molecule has 3 aromatic carbocycles. The SMILES string of the molecule is Cc1ccc(NC(=O)COc2ccccc2CNC[C@H](CC(=O)O)c2ccccc2)cc1. The lowest BCUT2D eigenvalue weighted by Gasteiger charge is -2.17. The van der Waals surface area contributed by atoms with E-state index >= 15 is 0 Å². The molecule has 32 heavy (non-hydrogen) atoms. The number of carboxylic acids is 1. The van der Waals surface area contributed by atoms with E-state index in [2.05, 4.69) is 10.6 Å². The molecule has 0 aliphatic rings. The normalized spacial score (nSPS) is 11.5. The number of nitrogens with one attached hydrogen (secondary N) is 2. The van der Waals surface area contributed by atoms with E-state index in [0.29, 0.717) is 18.8 Å². The summed E-state index contributed by atoms with van der Waals surface area (Å²) >= 11 is 0. The number of para-hydroxylation sites is 1. The number of hydrogen-bond donors (Lipinski definition) is 3. The van der Waals surface area contributed by atoms with Crippen LogP contribution in [0.5, 0.6) is 5.75 Å². The molecule has 3 N–H and O–H groups in total. The molecule has 0 aliphatic carbocycles. The summed E-state index contributed by atoms with van der Waals surface area (Å²) < 4.78 is 5.76. The van der Waals surface area contributed by atoms with E-state index in [1.807, 2.05) is 85.8 Å². The van der Waals surface area contributed by atoms with Gasteiger partial charge in [-0.2, -0.15) is 0 Å². The molecule has 1 atom stereocenters. The van der Waals surface area contributed by atoms with Crippen LogP contribution in [0.4, 0.5) is 5.69 Å². The fourth-order valence-electron chi connectivity index (χ4n) is 3.39. The summed E-state index contributed by atoms with van der Waals surface area (Å²) in [4.78, 5) is 23.5. The van der Waals surface area contributed by atoms with Crippen molar-refractivity contribution in [3.8, 4) is 5.75 Å². The van der Waals surface area contributed by atoms with Crippen LogP contribution < -0.4 is 15.4 Å². The third-order valence-electron chi connectivity index (χ3n) is 5.06. The molecule has 166 valence electrons. The molecular weight excluding hydrogens is 404 g/mol. The minimum absolute atomic E-state index is 0.0499. The van der Waals surface area contributed by atoms with Crippen molar-refractivity contribution in [2.45, 2.75) is 25.8 Å². The smallest absolute Gasteiger partial charge is 0.304 e. The van der Waals surface area contributed by atoms with Gasteiger partial charge in [0.05, 0.1) is 6.42 Å². The average Bonchev–Trinajstić information content (AvgIpc) is 2.79. The van der Waals surface area contributed by atoms with Gasteiger partial charge < -0.3 is 20.5 Å². The minimum Gasteiger partial charge on any atom is -0.483 e. The Morgan fingerprint density at radius 3 is 2.34 bits per heavy atom. The average molecular weight is 433 g/mol. The number of rotatable bonds is 11. The maximum absolute atomic E-state index is 12.2. The topological polar surface area (TPSA) is 87.7 Å². The van der Waals surface area contributed by atoms with Gasteiger partial charge >= 0.3 is 5.97 Å². The van der Waals surface area contributed by atoms with E-state index < -0.39 is 5.97 Å². The van der Waals surface area contributed by atoms with Gasteiger partial charge in [-0.05, 0) is 30.7 Å². The van der Waals surface area contributed by atoms with Gasteiger partial charge in [-0.15, -0.1) is 0 Å². The fraction of sp³-hybridized carbons (Fsp3) is 0.231. The van der Waals surface area contributed by atoms with Gasteiger partial charge in [0.15, 0.2) is 6.61 Å². The van der Waals surface area contributed by atoms with Crippen molar-refractivity contribution >= 4 is 17.6 Å². The number of aliphatic carboxylic acids is 1. The quantitative estimate of drug-likeness (QED) is 0.419. The van der Waals surface area contributed by atoms with Crippen molar-refractivity contribution in [1.82, 2.24) is 5.32 Å². The van der Waals surface area contributed by atoms with Crippen LogP contribution in [0, 0.1) is 6.92 Å². The van der Waals surface area contributed by atoms with Crippen LogP contribution in [0.3, 0.4) is 0 Å². The number of aryl methyl sites for hydroxylation is 1. The highest BCUT2D eigenvalue weighted by Crippen LogP contribution is 2.21. The third kappa shape index (κ3) is 7.25. The number of benzene rings is 3. The maximum Gasteiger partial charge on any atom is 0.304 e. The second-order valence-electron chi connectivity index (χ2n) is 7.65. The molecule has 0 unspecified atom stereocenters. The first kappa shape index (κ1) is 23.0. The van der Waals surface area contributed by atoms with E-state index in [-0.39, 0.29) is 24.9 Å². The highest BCUT2D eigenvalue weighted by Gasteiger charge is 2.15. The largest absolute Gasteiger partial charge is 0.483 e. The van der Waals surface area contributed by atoms with Gasteiger partial charge in [-0.25, -0.2) is 0 Å². The number of hydrogen-bond acceptors (Lipinski definition) is 4. The standard InChI is InChI=1S/C26H28N2O4/c1-19-11-13-23(14-12-19)28-25(29)18-32-24-10-6-5-9-21(24)16-27-17-22(15-26(30)31)20-7-3-2-4-8-20/h2-14,22,27H,15-18H2,1H3,(H,28,29)(H,30,31)/t22-/m0/s1. The molecule has 6 heteroatoms. The summed E-state index contributed by atoms with van der Waals surface area (Å²) in [7, 11) is 0. The van der Waals surface area contributed by atoms with Gasteiger partial charge in [0.2, 0.25) is 0 Å². The van der Waals surface area contributed by atoms with Crippen molar-refractivity contribution in [2.75, 3.05) is 18.5 Å². The summed E-state index contributed by atoms with van der Waals surface area (Å²) in [5.41, 5.74) is 3.74. The molecule has 0 fully saturated rings. The maximum atomic E-state index is 12.2. The Kier molecular flexibility index (Phi) is 8.40. The molecule has 0 saturated heterocycles. The zero-order chi connectivity index (χ0) is 22.8. The zero-order valence-corrected chi connectivity index (χ0v) is 18.1. The zero-order valence-electron chi connectivity index (χ0n) is 18.1. The summed E-state index contributed by atoms with van der Waals surface area (Å²) in [5, 5.41) is 15.4. The lowest BCUT2D eigenvalue weighted by atomic mass is 9.95. The minimum atomic E-state index is -0.830. The van der Waals surface area contributed by atoms with Gasteiger partial charge in [-0.1, -0.05) is 66.2 Å². The Labute approximate surface area is 188 Å². The van der Waals surface area contributed by atoms with Gasteiger partial charge in [0.25, 0.3) is 5.91 Å². The third-order valence-corrected chi connectivity index (χ3v) is 5.06. The van der Waals surface area contributed by atoms with Gasteiger partial charge in [0, 0.05) is 30.3 Å². The molecule has 0 heterocycles. The summed E-state index contributed by atoms with van der Waals surface area (Å²) in [6.45, 7) is 2.90. The number of carbonyl (C=O) groups excluding carboxylic acids is 1. The molecular formula is C26H28N2O4. The second kappa shape index (κ2) is 11.7. The number of anilines is 1. The summed E-state index contributed by atoms with van der Waals surface area (Å²) in [5.74, 6) is -0.582. The molecule has 0 aromatic heterocycles. The molecule has 0 bridgehead atoms. The predicted octanol–water partition coefficient (Wildman–Crippen LogP) is 4.36.